The predicted octanol–water partition coefficient (Wildman–Crippen LogP) is 5.21. The molecule has 2 aliphatic rings. The topological polar surface area (TPSA) is 102 Å². The second kappa shape index (κ2) is 10.7. The number of aromatic nitrogens is 2. The summed E-state index contributed by atoms with van der Waals surface area (Å²) in [5.74, 6) is -0.321. The van der Waals surface area contributed by atoms with Crippen molar-refractivity contribution in [2.24, 2.45) is 0 Å². The highest BCUT2D eigenvalue weighted by Crippen LogP contribution is 2.48. The molecule has 7 nitrogen and oxygen atoms in total. The monoisotopic (exact) mass is 574 g/mol. The lowest BCUT2D eigenvalue weighted by atomic mass is 9.96. The van der Waals surface area contributed by atoms with Crippen molar-refractivity contribution in [3.05, 3.63) is 82.3 Å². The van der Waals surface area contributed by atoms with Gasteiger partial charge in [0.15, 0.2) is 16.4 Å². The lowest BCUT2D eigenvalue weighted by Crippen LogP contribution is -2.35. The van der Waals surface area contributed by atoms with Crippen LogP contribution in [0.2, 0.25) is 5.02 Å². The van der Waals surface area contributed by atoms with Crippen LogP contribution in [0.25, 0.3) is 0 Å². The van der Waals surface area contributed by atoms with Crippen LogP contribution in [0.5, 0.6) is 0 Å². The van der Waals surface area contributed by atoms with E-state index in [0.717, 1.165) is 24.5 Å². The van der Waals surface area contributed by atoms with Gasteiger partial charge in [0.2, 0.25) is 10.7 Å². The van der Waals surface area contributed by atoms with Gasteiger partial charge < -0.3 is 10.2 Å². The molecule has 1 saturated heterocycles. The summed E-state index contributed by atoms with van der Waals surface area (Å²) in [6.45, 7) is 0.909. The van der Waals surface area contributed by atoms with Crippen LogP contribution < -0.4 is 10.2 Å². The van der Waals surface area contributed by atoms with Gasteiger partial charge in [-0.05, 0) is 42.7 Å². The molecular formula is C27H24ClF3N5O2S+. The van der Waals surface area contributed by atoms with Gasteiger partial charge in [0.25, 0.3) is 5.91 Å². The normalized spacial score (nSPS) is 18.9. The van der Waals surface area contributed by atoms with E-state index in [4.69, 9.17) is 11.6 Å². The summed E-state index contributed by atoms with van der Waals surface area (Å²) >= 11 is 4.31. The van der Waals surface area contributed by atoms with E-state index in [2.05, 4.69) is 15.3 Å². The van der Waals surface area contributed by atoms with Crippen molar-refractivity contribution in [1.29, 1.82) is 5.26 Å². The van der Waals surface area contributed by atoms with Crippen LogP contribution in [0.4, 0.5) is 19.0 Å². The van der Waals surface area contributed by atoms with Gasteiger partial charge in [-0.25, -0.2) is 9.97 Å². The van der Waals surface area contributed by atoms with Crippen molar-refractivity contribution in [3.63, 3.8) is 0 Å². The molecule has 2 atom stereocenters. The van der Waals surface area contributed by atoms with E-state index >= 15 is 0 Å². The molecule has 0 spiro atoms. The lowest BCUT2D eigenvalue weighted by Gasteiger charge is -2.21. The Morgan fingerprint density at radius 2 is 1.95 bits per heavy atom. The molecule has 3 aromatic rings. The van der Waals surface area contributed by atoms with E-state index in [1.807, 2.05) is 30.3 Å². The number of nitrogens with one attached hydrogen (secondary N) is 1. The number of carbonyl (C=O) groups is 1. The SMILES string of the molecule is N#Cc1ncc(C(=O)NCC2(c3ccc(Cl)cc3)CC2)c(N2CCC([S+](O)c3ccccc3C(F)(F)F)C2)n1. The van der Waals surface area contributed by atoms with Crippen LogP contribution in [0, 0.1) is 11.3 Å². The average Bonchev–Trinajstić information content (AvgIpc) is 3.57. The fourth-order valence-electron chi connectivity index (χ4n) is 4.86. The number of hydrogen-bond donors (Lipinski definition) is 2. The van der Waals surface area contributed by atoms with Crippen LogP contribution in [0.15, 0.2) is 59.6 Å². The first-order valence-electron chi connectivity index (χ1n) is 12.3. The number of anilines is 1. The number of alkyl halides is 3. The number of amides is 1. The molecule has 1 aliphatic carbocycles. The van der Waals surface area contributed by atoms with Crippen molar-refractivity contribution < 1.29 is 22.5 Å². The molecule has 1 aromatic heterocycles. The number of nitrogens with zero attached hydrogens (tertiary/aromatic N) is 4. The highest BCUT2D eigenvalue weighted by Gasteiger charge is 2.46. The quantitative estimate of drug-likeness (QED) is 0.376. The van der Waals surface area contributed by atoms with Gasteiger partial charge >= 0.3 is 6.18 Å². The zero-order valence-corrected chi connectivity index (χ0v) is 22.2. The summed E-state index contributed by atoms with van der Waals surface area (Å²) in [4.78, 5) is 23.1. The first-order valence-corrected chi connectivity index (χ1v) is 13.9. The third-order valence-electron chi connectivity index (χ3n) is 7.19. The smallest absolute Gasteiger partial charge is 0.351 e. The van der Waals surface area contributed by atoms with Gasteiger partial charge in [-0.3, -0.25) is 4.79 Å². The maximum atomic E-state index is 13.5. The number of carbonyl (C=O) groups excluding carboxylic acids is 1. The average molecular weight is 575 g/mol. The highest BCUT2D eigenvalue weighted by atomic mass is 35.5. The maximum Gasteiger partial charge on any atom is 0.421 e. The molecule has 202 valence electrons. The standard InChI is InChI=1S/C27H23ClF3N5O2S/c28-18-7-5-17(6-8-18)26(10-11-26)16-34-25(37)20-14-33-23(13-32)35-24(20)36-12-9-19(15-36)39(38)22-4-2-1-3-21(22)27(29,30)31/h1-8,14,19,38H,9-12,15-16H2/p+1. The lowest BCUT2D eigenvalue weighted by molar-refractivity contribution is -0.139. The Hall–Kier alpha value is -3.33. The van der Waals surface area contributed by atoms with Gasteiger partial charge in [-0.15, -0.1) is 0 Å². The Morgan fingerprint density at radius 3 is 2.62 bits per heavy atom. The number of nitriles is 1. The van der Waals surface area contributed by atoms with Gasteiger partial charge in [0.05, 0.1) is 6.54 Å². The molecule has 0 radical (unpaired) electrons. The number of benzene rings is 2. The first kappa shape index (κ1) is 27.2. The number of rotatable bonds is 7. The Balaban J connectivity index is 1.34. The summed E-state index contributed by atoms with van der Waals surface area (Å²) < 4.78 is 51.5. The summed E-state index contributed by atoms with van der Waals surface area (Å²) in [5, 5.41) is 12.4. The first-order chi connectivity index (χ1) is 18.6. The fourth-order valence-corrected chi connectivity index (χ4v) is 6.62. The zero-order valence-electron chi connectivity index (χ0n) is 20.6. The van der Waals surface area contributed by atoms with Crippen molar-refractivity contribution >= 4 is 34.5 Å². The molecule has 2 heterocycles. The summed E-state index contributed by atoms with van der Waals surface area (Å²) in [6, 6.07) is 14.4. The molecule has 1 aliphatic heterocycles. The minimum absolute atomic E-state index is 0.129. The molecule has 0 bridgehead atoms. The van der Waals surface area contributed by atoms with Crippen LogP contribution in [0.3, 0.4) is 0 Å². The summed E-state index contributed by atoms with van der Waals surface area (Å²) in [7, 11) is 0. The predicted molar refractivity (Wildman–Crippen MR) is 142 cm³/mol. The van der Waals surface area contributed by atoms with Gasteiger partial charge in [-0.2, -0.15) is 23.0 Å². The molecule has 5 rings (SSSR count). The van der Waals surface area contributed by atoms with Crippen LogP contribution >= 0.6 is 11.6 Å². The Labute approximate surface area is 231 Å². The number of halogens is 4. The van der Waals surface area contributed by atoms with Crippen LogP contribution in [0.1, 0.15) is 46.6 Å². The summed E-state index contributed by atoms with van der Waals surface area (Å²) in [6.07, 6.45) is -1.08. The molecule has 2 aromatic carbocycles. The second-order valence-electron chi connectivity index (χ2n) is 9.68. The fraction of sp³-hybridized carbons (Fsp3) is 0.333. The molecule has 2 unspecified atom stereocenters. The highest BCUT2D eigenvalue weighted by molar-refractivity contribution is 7.92. The van der Waals surface area contributed by atoms with E-state index in [-0.39, 0.29) is 34.1 Å². The third kappa shape index (κ3) is 5.69. The molecule has 2 N–H and O–H groups in total. The van der Waals surface area contributed by atoms with Crippen molar-refractivity contribution in [1.82, 2.24) is 15.3 Å². The van der Waals surface area contributed by atoms with Crippen molar-refractivity contribution in [2.75, 3.05) is 24.5 Å². The van der Waals surface area contributed by atoms with E-state index < -0.39 is 34.1 Å². The van der Waals surface area contributed by atoms with E-state index in [0.29, 0.717) is 24.5 Å². The maximum absolute atomic E-state index is 13.5. The molecule has 1 amide bonds. The van der Waals surface area contributed by atoms with Gasteiger partial charge in [-0.1, -0.05) is 35.9 Å². The molecule has 12 heteroatoms. The van der Waals surface area contributed by atoms with E-state index in [1.165, 1.54) is 24.4 Å². The largest absolute Gasteiger partial charge is 0.421 e. The van der Waals surface area contributed by atoms with E-state index in [9.17, 15) is 27.8 Å². The Kier molecular flexibility index (Phi) is 7.46. The molecule has 1 saturated carbocycles. The zero-order chi connectivity index (χ0) is 27.8. The van der Waals surface area contributed by atoms with Crippen LogP contribution in [-0.4, -0.2) is 45.3 Å². The summed E-state index contributed by atoms with van der Waals surface area (Å²) in [5.41, 5.74) is 0.205. The van der Waals surface area contributed by atoms with Gasteiger partial charge in [0, 0.05) is 36.1 Å². The Bertz CT molecular complexity index is 1430. The second-order valence-corrected chi connectivity index (χ2v) is 11.8. The Morgan fingerprint density at radius 1 is 1.23 bits per heavy atom. The third-order valence-corrected chi connectivity index (χ3v) is 9.26. The molecule has 2 fully saturated rings. The van der Waals surface area contributed by atoms with E-state index in [1.54, 1.807) is 4.90 Å². The van der Waals surface area contributed by atoms with Crippen LogP contribution in [-0.2, 0) is 22.8 Å². The number of hydrogen-bond acceptors (Lipinski definition) is 6. The van der Waals surface area contributed by atoms with Gasteiger partial charge in [0.1, 0.15) is 23.0 Å². The molecular weight excluding hydrogens is 551 g/mol. The van der Waals surface area contributed by atoms with Crippen molar-refractivity contribution in [3.8, 4) is 6.07 Å². The molecule has 39 heavy (non-hydrogen) atoms. The minimum Gasteiger partial charge on any atom is -0.351 e. The minimum atomic E-state index is -4.59. The van der Waals surface area contributed by atoms with Crippen molar-refractivity contribution in [2.45, 2.75) is 41.0 Å².